The molecule has 0 radical (unpaired) electrons. The molecule has 3 aromatic rings. The molecule has 2 heterocycles. The number of hydrogen-bond acceptors (Lipinski definition) is 2. The second-order valence-corrected chi connectivity index (χ2v) is 7.19. The molecule has 0 saturated carbocycles. The van der Waals surface area contributed by atoms with Crippen molar-refractivity contribution in [1.82, 2.24) is 14.5 Å². The lowest BCUT2D eigenvalue weighted by atomic mass is 10.0. The van der Waals surface area contributed by atoms with Crippen molar-refractivity contribution in [2.45, 2.75) is 40.3 Å². The first-order valence-corrected chi connectivity index (χ1v) is 9.29. The van der Waals surface area contributed by atoms with Gasteiger partial charge < -0.3 is 9.47 Å². The Morgan fingerprint density at radius 1 is 1.11 bits per heavy atom. The van der Waals surface area contributed by atoms with Gasteiger partial charge in [-0.25, -0.2) is 0 Å². The van der Waals surface area contributed by atoms with Crippen LogP contribution in [-0.4, -0.2) is 27.4 Å². The summed E-state index contributed by atoms with van der Waals surface area (Å²) < 4.78 is 2.15. The van der Waals surface area contributed by atoms with Crippen LogP contribution in [0, 0.1) is 20.8 Å². The molecule has 3 rings (SSSR count). The van der Waals surface area contributed by atoms with Crippen LogP contribution in [0.5, 0.6) is 0 Å². The fraction of sp³-hybridized carbons (Fsp3) is 0.304. The third kappa shape index (κ3) is 3.95. The van der Waals surface area contributed by atoms with E-state index in [4.69, 9.17) is 0 Å². The van der Waals surface area contributed by atoms with Gasteiger partial charge in [-0.1, -0.05) is 35.9 Å². The maximum Gasteiger partial charge on any atom is 0.255 e. The Hall–Kier alpha value is -2.88. The van der Waals surface area contributed by atoms with Crippen LogP contribution < -0.4 is 0 Å². The Bertz CT molecular complexity index is 926. The van der Waals surface area contributed by atoms with Gasteiger partial charge in [-0.2, -0.15) is 0 Å². The minimum Gasteiger partial charge on any atom is -0.342 e. The maximum absolute atomic E-state index is 13.2. The topological polar surface area (TPSA) is 38.1 Å². The van der Waals surface area contributed by atoms with Crippen LogP contribution in [0.3, 0.4) is 0 Å². The highest BCUT2D eigenvalue weighted by molar-refractivity contribution is 5.95. The quantitative estimate of drug-likeness (QED) is 0.661. The SMILES string of the molecule is Cc1ccc(C(C)N(C)C(=O)c2cc(C)n(Cc3ccccn3)c2C)cc1. The first-order chi connectivity index (χ1) is 12.9. The Morgan fingerprint density at radius 3 is 2.44 bits per heavy atom. The van der Waals surface area contributed by atoms with Gasteiger partial charge in [-0.05, 0) is 51.5 Å². The molecule has 0 aliphatic rings. The van der Waals surface area contributed by atoms with Gasteiger partial charge in [0.1, 0.15) is 0 Å². The van der Waals surface area contributed by atoms with E-state index in [0.29, 0.717) is 6.54 Å². The third-order valence-corrected chi connectivity index (χ3v) is 5.31. The second-order valence-electron chi connectivity index (χ2n) is 7.19. The summed E-state index contributed by atoms with van der Waals surface area (Å²) in [5.74, 6) is 0.0449. The summed E-state index contributed by atoms with van der Waals surface area (Å²) in [6, 6.07) is 16.3. The van der Waals surface area contributed by atoms with Crippen molar-refractivity contribution in [3.05, 3.63) is 88.5 Å². The molecule has 1 atom stereocenters. The van der Waals surface area contributed by atoms with Crippen molar-refractivity contribution in [2.24, 2.45) is 0 Å². The molecule has 4 heteroatoms. The van der Waals surface area contributed by atoms with E-state index in [0.717, 1.165) is 28.2 Å². The van der Waals surface area contributed by atoms with Crippen LogP contribution in [0.4, 0.5) is 0 Å². The summed E-state index contributed by atoms with van der Waals surface area (Å²) >= 11 is 0. The summed E-state index contributed by atoms with van der Waals surface area (Å²) in [7, 11) is 1.87. The lowest BCUT2D eigenvalue weighted by molar-refractivity contribution is 0.0742. The van der Waals surface area contributed by atoms with Crippen LogP contribution >= 0.6 is 0 Å². The van der Waals surface area contributed by atoms with Gasteiger partial charge in [-0.15, -0.1) is 0 Å². The molecule has 1 unspecified atom stereocenters. The van der Waals surface area contributed by atoms with E-state index in [9.17, 15) is 4.79 Å². The van der Waals surface area contributed by atoms with E-state index < -0.39 is 0 Å². The smallest absolute Gasteiger partial charge is 0.255 e. The highest BCUT2D eigenvalue weighted by Crippen LogP contribution is 2.24. The molecule has 1 amide bonds. The Balaban J connectivity index is 1.84. The van der Waals surface area contributed by atoms with Gasteiger partial charge in [0.15, 0.2) is 0 Å². The molecule has 2 aromatic heterocycles. The zero-order valence-corrected chi connectivity index (χ0v) is 16.7. The number of benzene rings is 1. The lowest BCUT2D eigenvalue weighted by Crippen LogP contribution is -2.30. The largest absolute Gasteiger partial charge is 0.342 e. The summed E-state index contributed by atoms with van der Waals surface area (Å²) in [5, 5.41) is 0. The monoisotopic (exact) mass is 361 g/mol. The Morgan fingerprint density at radius 2 is 1.81 bits per heavy atom. The molecular formula is C23H27N3O. The number of nitrogens with zero attached hydrogens (tertiary/aromatic N) is 3. The molecule has 0 spiro atoms. The number of carbonyl (C=O) groups is 1. The number of amides is 1. The maximum atomic E-state index is 13.2. The first-order valence-electron chi connectivity index (χ1n) is 9.29. The third-order valence-electron chi connectivity index (χ3n) is 5.31. The van der Waals surface area contributed by atoms with Gasteiger partial charge in [-0.3, -0.25) is 9.78 Å². The average molecular weight is 361 g/mol. The molecule has 0 aliphatic carbocycles. The van der Waals surface area contributed by atoms with Crippen LogP contribution in [-0.2, 0) is 6.54 Å². The molecule has 0 bridgehead atoms. The number of rotatable bonds is 5. The lowest BCUT2D eigenvalue weighted by Gasteiger charge is -2.25. The van der Waals surface area contributed by atoms with Crippen LogP contribution in [0.25, 0.3) is 0 Å². The van der Waals surface area contributed by atoms with E-state index in [1.165, 1.54) is 5.56 Å². The van der Waals surface area contributed by atoms with Crippen molar-refractivity contribution in [3.63, 3.8) is 0 Å². The molecule has 140 valence electrons. The minimum atomic E-state index is 0.0111. The van der Waals surface area contributed by atoms with Crippen molar-refractivity contribution in [3.8, 4) is 0 Å². The molecule has 4 nitrogen and oxygen atoms in total. The second kappa shape index (κ2) is 7.78. The fourth-order valence-corrected chi connectivity index (χ4v) is 3.35. The standard InChI is InChI=1S/C23H27N3O/c1-16-9-11-20(12-10-16)18(3)25(5)23(27)22-14-17(2)26(19(22)4)15-21-8-6-7-13-24-21/h6-14,18H,15H2,1-5H3. The Kier molecular flexibility index (Phi) is 5.45. The summed E-state index contributed by atoms with van der Waals surface area (Å²) in [6.45, 7) is 8.85. The molecule has 0 aliphatic heterocycles. The average Bonchev–Trinajstić information content (AvgIpc) is 2.96. The zero-order chi connectivity index (χ0) is 19.6. The predicted octanol–water partition coefficient (Wildman–Crippen LogP) is 4.69. The molecule has 27 heavy (non-hydrogen) atoms. The highest BCUT2D eigenvalue weighted by Gasteiger charge is 2.23. The van der Waals surface area contributed by atoms with Gasteiger partial charge in [0.2, 0.25) is 0 Å². The van der Waals surface area contributed by atoms with Crippen molar-refractivity contribution >= 4 is 5.91 Å². The summed E-state index contributed by atoms with van der Waals surface area (Å²) in [6.07, 6.45) is 1.80. The molecular weight excluding hydrogens is 334 g/mol. The van der Waals surface area contributed by atoms with E-state index in [1.807, 2.05) is 50.1 Å². The van der Waals surface area contributed by atoms with Crippen LogP contribution in [0.15, 0.2) is 54.7 Å². The van der Waals surface area contributed by atoms with Crippen molar-refractivity contribution < 1.29 is 4.79 Å². The van der Waals surface area contributed by atoms with E-state index in [-0.39, 0.29) is 11.9 Å². The molecule has 0 fully saturated rings. The fourth-order valence-electron chi connectivity index (χ4n) is 3.35. The summed E-state index contributed by atoms with van der Waals surface area (Å²) in [5.41, 5.74) is 6.14. The van der Waals surface area contributed by atoms with Crippen molar-refractivity contribution in [1.29, 1.82) is 0 Å². The number of carbonyl (C=O) groups excluding carboxylic acids is 1. The van der Waals surface area contributed by atoms with Crippen LogP contribution in [0.2, 0.25) is 0 Å². The first kappa shape index (κ1) is 18.9. The van der Waals surface area contributed by atoms with Gasteiger partial charge in [0.05, 0.1) is 23.8 Å². The number of aryl methyl sites for hydroxylation is 2. The molecule has 0 N–H and O–H groups in total. The number of pyridine rings is 1. The minimum absolute atomic E-state index is 0.0111. The van der Waals surface area contributed by atoms with Crippen molar-refractivity contribution in [2.75, 3.05) is 7.05 Å². The van der Waals surface area contributed by atoms with E-state index >= 15 is 0 Å². The Labute approximate surface area is 161 Å². The molecule has 0 saturated heterocycles. The van der Waals surface area contributed by atoms with Gasteiger partial charge in [0.25, 0.3) is 5.91 Å². The normalized spacial score (nSPS) is 12.0. The highest BCUT2D eigenvalue weighted by atomic mass is 16.2. The van der Waals surface area contributed by atoms with Gasteiger partial charge in [0, 0.05) is 24.6 Å². The number of aromatic nitrogens is 2. The zero-order valence-electron chi connectivity index (χ0n) is 16.7. The summed E-state index contributed by atoms with van der Waals surface area (Å²) in [4.78, 5) is 19.4. The number of hydrogen-bond donors (Lipinski definition) is 0. The molecule has 1 aromatic carbocycles. The van der Waals surface area contributed by atoms with E-state index in [2.05, 4.69) is 47.7 Å². The van der Waals surface area contributed by atoms with E-state index in [1.54, 1.807) is 6.20 Å². The van der Waals surface area contributed by atoms with Crippen LogP contribution in [0.1, 0.15) is 51.5 Å². The van der Waals surface area contributed by atoms with Gasteiger partial charge >= 0.3 is 0 Å². The predicted molar refractivity (Wildman–Crippen MR) is 109 cm³/mol.